The fraction of sp³-hybridized carbons (Fsp3) is 0.680. The van der Waals surface area contributed by atoms with Gasteiger partial charge in [-0.3, -0.25) is 4.90 Å². The number of amides is 1. The van der Waals surface area contributed by atoms with E-state index in [1.54, 1.807) is 0 Å². The predicted octanol–water partition coefficient (Wildman–Crippen LogP) is 3.47. The number of hydrogen-bond donors (Lipinski definition) is 1. The maximum atomic E-state index is 11.8. The Kier molecular flexibility index (Phi) is 6.75. The standard InChI is InChI=1S/C25H36N4O3/c1-24(2,3)32-23(30)27-12-14-29-16-20-15-28(17-22-25(20,18-29)31-22)13-6-5-7-19-8-10-21(26-4)11-9-19/h8-11,20,22H,5-7,12-18H2,1-3H3,(H,27,30). The minimum absolute atomic E-state index is 0.0626. The zero-order valence-electron chi connectivity index (χ0n) is 19.6. The Morgan fingerprint density at radius 3 is 2.66 bits per heavy atom. The molecule has 0 aromatic heterocycles. The summed E-state index contributed by atoms with van der Waals surface area (Å²) in [4.78, 5) is 20.3. The summed E-state index contributed by atoms with van der Waals surface area (Å²) in [7, 11) is 0. The highest BCUT2D eigenvalue weighted by Gasteiger charge is 2.67. The number of unbranched alkanes of at least 4 members (excludes halogenated alkanes) is 1. The van der Waals surface area contributed by atoms with Gasteiger partial charge >= 0.3 is 6.09 Å². The van der Waals surface area contributed by atoms with Gasteiger partial charge in [0, 0.05) is 45.2 Å². The quantitative estimate of drug-likeness (QED) is 0.381. The molecule has 1 aromatic rings. The third kappa shape index (κ3) is 5.61. The van der Waals surface area contributed by atoms with Gasteiger partial charge in [0.05, 0.1) is 6.57 Å². The Bertz CT molecular complexity index is 844. The highest BCUT2D eigenvalue weighted by atomic mass is 16.6. The van der Waals surface area contributed by atoms with E-state index in [0.29, 0.717) is 24.3 Å². The molecule has 1 amide bonds. The highest BCUT2D eigenvalue weighted by Crippen LogP contribution is 2.51. The summed E-state index contributed by atoms with van der Waals surface area (Å²) in [6.07, 6.45) is 3.43. The first-order valence-electron chi connectivity index (χ1n) is 11.8. The monoisotopic (exact) mass is 440 g/mol. The van der Waals surface area contributed by atoms with Crippen LogP contribution in [0.3, 0.4) is 0 Å². The van der Waals surface area contributed by atoms with Crippen LogP contribution in [0.15, 0.2) is 24.3 Å². The molecule has 1 N–H and O–H groups in total. The van der Waals surface area contributed by atoms with Crippen molar-refractivity contribution >= 4 is 11.8 Å². The number of benzene rings is 1. The first-order chi connectivity index (χ1) is 15.3. The number of alkyl carbamates (subject to hydrolysis) is 1. The normalized spacial score (nSPS) is 27.3. The molecule has 3 unspecified atom stereocenters. The highest BCUT2D eigenvalue weighted by molar-refractivity contribution is 5.67. The summed E-state index contributed by atoms with van der Waals surface area (Å²) in [5.41, 5.74) is 1.62. The van der Waals surface area contributed by atoms with Gasteiger partial charge in [-0.25, -0.2) is 9.64 Å². The number of carbonyl (C=O) groups is 1. The van der Waals surface area contributed by atoms with Crippen LogP contribution in [0.25, 0.3) is 4.85 Å². The van der Waals surface area contributed by atoms with Gasteiger partial charge in [-0.1, -0.05) is 29.8 Å². The smallest absolute Gasteiger partial charge is 0.407 e. The number of ether oxygens (including phenoxy) is 2. The van der Waals surface area contributed by atoms with Crippen molar-refractivity contribution in [3.63, 3.8) is 0 Å². The van der Waals surface area contributed by atoms with Crippen molar-refractivity contribution in [2.45, 2.75) is 57.3 Å². The van der Waals surface area contributed by atoms with Crippen LogP contribution in [0.4, 0.5) is 10.5 Å². The molecule has 3 aliphatic heterocycles. The van der Waals surface area contributed by atoms with E-state index in [1.807, 2.05) is 32.9 Å². The van der Waals surface area contributed by atoms with Crippen LogP contribution in [-0.4, -0.2) is 79.0 Å². The minimum Gasteiger partial charge on any atom is -0.444 e. The lowest BCUT2D eigenvalue weighted by Gasteiger charge is -2.31. The molecule has 0 saturated carbocycles. The van der Waals surface area contributed by atoms with E-state index in [9.17, 15) is 4.79 Å². The minimum atomic E-state index is -0.465. The Morgan fingerprint density at radius 2 is 1.94 bits per heavy atom. The first kappa shape index (κ1) is 23.0. The lowest BCUT2D eigenvalue weighted by molar-refractivity contribution is 0.0523. The molecular formula is C25H36N4O3. The number of nitrogens with zero attached hydrogens (tertiary/aromatic N) is 3. The lowest BCUT2D eigenvalue weighted by atomic mass is 9.88. The van der Waals surface area contributed by atoms with Crippen LogP contribution in [0, 0.1) is 12.5 Å². The number of carbonyl (C=O) groups excluding carboxylic acids is 1. The molecule has 32 heavy (non-hydrogen) atoms. The topological polar surface area (TPSA) is 61.7 Å². The van der Waals surface area contributed by atoms with Crippen LogP contribution in [0.5, 0.6) is 0 Å². The molecule has 0 aliphatic carbocycles. The van der Waals surface area contributed by atoms with Crippen LogP contribution in [0.2, 0.25) is 0 Å². The Balaban J connectivity index is 1.15. The summed E-state index contributed by atoms with van der Waals surface area (Å²) in [6, 6.07) is 7.97. The maximum absolute atomic E-state index is 11.8. The second kappa shape index (κ2) is 9.38. The fourth-order valence-electron chi connectivity index (χ4n) is 5.15. The Labute approximate surface area is 191 Å². The SMILES string of the molecule is [C-]#[N+]c1ccc(CCCCN2CC3CN(CCNC(=O)OC(C)(C)C)CC34OC4C2)cc1. The molecule has 3 heterocycles. The van der Waals surface area contributed by atoms with Crippen molar-refractivity contribution in [1.82, 2.24) is 15.1 Å². The van der Waals surface area contributed by atoms with Gasteiger partial charge in [-0.15, -0.1) is 0 Å². The van der Waals surface area contributed by atoms with Crippen molar-refractivity contribution in [3.05, 3.63) is 41.2 Å². The zero-order valence-corrected chi connectivity index (χ0v) is 19.6. The third-order valence-corrected chi connectivity index (χ3v) is 6.74. The van der Waals surface area contributed by atoms with E-state index in [-0.39, 0.29) is 11.7 Å². The summed E-state index contributed by atoms with van der Waals surface area (Å²) in [6.45, 7) is 19.4. The van der Waals surface area contributed by atoms with E-state index in [0.717, 1.165) is 52.1 Å². The number of hydrogen-bond acceptors (Lipinski definition) is 5. The van der Waals surface area contributed by atoms with Crippen molar-refractivity contribution < 1.29 is 14.3 Å². The molecule has 4 rings (SSSR count). The van der Waals surface area contributed by atoms with E-state index in [2.05, 4.69) is 32.1 Å². The van der Waals surface area contributed by atoms with Gasteiger partial charge in [-0.05, 0) is 46.6 Å². The van der Waals surface area contributed by atoms with Crippen molar-refractivity contribution in [2.75, 3.05) is 45.8 Å². The van der Waals surface area contributed by atoms with Crippen molar-refractivity contribution in [1.29, 1.82) is 0 Å². The van der Waals surface area contributed by atoms with Crippen LogP contribution >= 0.6 is 0 Å². The van der Waals surface area contributed by atoms with E-state index >= 15 is 0 Å². The largest absolute Gasteiger partial charge is 0.444 e. The van der Waals surface area contributed by atoms with Gasteiger partial charge in [-0.2, -0.15) is 0 Å². The molecule has 7 nitrogen and oxygen atoms in total. The average Bonchev–Trinajstić information content (AvgIpc) is 3.32. The number of nitrogens with one attached hydrogen (secondary N) is 1. The second-order valence-corrected chi connectivity index (χ2v) is 10.4. The first-order valence-corrected chi connectivity index (χ1v) is 11.8. The van der Waals surface area contributed by atoms with Crippen LogP contribution < -0.4 is 5.32 Å². The molecule has 3 saturated heterocycles. The van der Waals surface area contributed by atoms with E-state index < -0.39 is 5.60 Å². The van der Waals surface area contributed by atoms with Gasteiger partial charge in [0.2, 0.25) is 0 Å². The number of piperidine rings is 1. The lowest BCUT2D eigenvalue weighted by Crippen LogP contribution is -2.46. The molecular weight excluding hydrogens is 404 g/mol. The van der Waals surface area contributed by atoms with Gasteiger partial charge in [0.15, 0.2) is 5.69 Å². The molecule has 174 valence electrons. The summed E-state index contributed by atoms with van der Waals surface area (Å²) in [5, 5.41) is 2.87. The number of epoxide rings is 1. The molecule has 0 bridgehead atoms. The van der Waals surface area contributed by atoms with E-state index in [1.165, 1.54) is 12.0 Å². The molecule has 7 heteroatoms. The second-order valence-electron chi connectivity index (χ2n) is 10.4. The van der Waals surface area contributed by atoms with Gasteiger partial charge in [0.1, 0.15) is 17.3 Å². The maximum Gasteiger partial charge on any atom is 0.407 e. The fourth-order valence-corrected chi connectivity index (χ4v) is 5.15. The summed E-state index contributed by atoms with van der Waals surface area (Å²) < 4.78 is 11.5. The molecule has 3 fully saturated rings. The van der Waals surface area contributed by atoms with Crippen molar-refractivity contribution in [2.24, 2.45) is 5.92 Å². The zero-order chi connectivity index (χ0) is 22.8. The van der Waals surface area contributed by atoms with Crippen molar-refractivity contribution in [3.8, 4) is 0 Å². The average molecular weight is 441 g/mol. The van der Waals surface area contributed by atoms with Gasteiger partial charge < -0.3 is 19.7 Å². The van der Waals surface area contributed by atoms with Crippen LogP contribution in [0.1, 0.15) is 39.2 Å². The summed E-state index contributed by atoms with van der Waals surface area (Å²) >= 11 is 0. The Morgan fingerprint density at radius 1 is 1.19 bits per heavy atom. The predicted molar refractivity (Wildman–Crippen MR) is 124 cm³/mol. The number of rotatable bonds is 8. The third-order valence-electron chi connectivity index (χ3n) is 6.74. The molecule has 0 radical (unpaired) electrons. The summed E-state index contributed by atoms with van der Waals surface area (Å²) in [5.74, 6) is 0.559. The molecule has 1 aromatic carbocycles. The number of aryl methyl sites for hydroxylation is 1. The molecule has 1 spiro atoms. The molecule has 3 atom stereocenters. The van der Waals surface area contributed by atoms with E-state index in [4.69, 9.17) is 16.0 Å². The Hall–Kier alpha value is -2.14. The molecule has 3 aliphatic rings. The number of likely N-dealkylation sites (tertiary alicyclic amines) is 2. The van der Waals surface area contributed by atoms with Gasteiger partial charge in [0.25, 0.3) is 0 Å². The van der Waals surface area contributed by atoms with Crippen LogP contribution in [-0.2, 0) is 15.9 Å².